The summed E-state index contributed by atoms with van der Waals surface area (Å²) in [5.74, 6) is 0.221. The minimum atomic E-state index is -0.479. The summed E-state index contributed by atoms with van der Waals surface area (Å²) in [6.07, 6.45) is 1.40. The molecule has 2 rings (SSSR count). The van der Waals surface area contributed by atoms with Crippen LogP contribution in [0.5, 0.6) is 5.75 Å². The van der Waals surface area contributed by atoms with Gasteiger partial charge in [-0.2, -0.15) is 5.10 Å². The third-order valence-corrected chi connectivity index (χ3v) is 3.36. The molecule has 7 nitrogen and oxygen atoms in total. The van der Waals surface area contributed by atoms with Gasteiger partial charge in [0, 0.05) is 12.1 Å². The highest BCUT2D eigenvalue weighted by Gasteiger charge is 2.04. The number of nitro groups is 1. The van der Waals surface area contributed by atoms with Crippen LogP contribution in [0.15, 0.2) is 47.6 Å². The van der Waals surface area contributed by atoms with Gasteiger partial charge in [-0.05, 0) is 54.8 Å². The molecule has 124 valence electrons. The van der Waals surface area contributed by atoms with Gasteiger partial charge >= 0.3 is 0 Å². The highest BCUT2D eigenvalue weighted by atomic mass is 16.6. The molecule has 1 amide bonds. The van der Waals surface area contributed by atoms with Crippen molar-refractivity contribution in [1.82, 2.24) is 5.43 Å². The number of benzene rings is 2. The molecule has 0 radical (unpaired) electrons. The van der Waals surface area contributed by atoms with Gasteiger partial charge in [0.1, 0.15) is 5.75 Å². The van der Waals surface area contributed by atoms with Crippen LogP contribution in [0.4, 0.5) is 5.69 Å². The van der Waals surface area contributed by atoms with Gasteiger partial charge in [0.15, 0.2) is 6.61 Å². The van der Waals surface area contributed by atoms with Crippen LogP contribution in [0.25, 0.3) is 0 Å². The first-order chi connectivity index (χ1) is 11.5. The third kappa shape index (κ3) is 4.91. The Morgan fingerprint density at radius 3 is 2.54 bits per heavy atom. The summed E-state index contributed by atoms with van der Waals surface area (Å²) in [6, 6.07) is 11.4. The molecule has 0 aliphatic carbocycles. The standard InChI is InChI=1S/C17H17N3O4/c1-12-3-8-16(9-13(12)2)24-11-17(21)19-18-10-14-4-6-15(7-5-14)20(22)23/h3-10H,11H2,1-2H3,(H,19,21)/b18-10-. The Morgan fingerprint density at radius 2 is 1.92 bits per heavy atom. The van der Waals surface area contributed by atoms with E-state index in [0.717, 1.165) is 11.1 Å². The second-order valence-electron chi connectivity index (χ2n) is 5.18. The second-order valence-corrected chi connectivity index (χ2v) is 5.18. The molecule has 0 unspecified atom stereocenters. The molecule has 2 aromatic rings. The molecule has 0 spiro atoms. The Bertz CT molecular complexity index is 770. The predicted molar refractivity (Wildman–Crippen MR) is 90.2 cm³/mol. The lowest BCUT2D eigenvalue weighted by Crippen LogP contribution is -2.24. The maximum Gasteiger partial charge on any atom is 0.277 e. The summed E-state index contributed by atoms with van der Waals surface area (Å²) in [5.41, 5.74) is 5.21. The maximum absolute atomic E-state index is 11.7. The van der Waals surface area contributed by atoms with Crippen molar-refractivity contribution in [3.63, 3.8) is 0 Å². The molecule has 1 N–H and O–H groups in total. The quantitative estimate of drug-likeness (QED) is 0.501. The minimum absolute atomic E-state index is 0.00187. The molecule has 0 heterocycles. The zero-order chi connectivity index (χ0) is 17.5. The van der Waals surface area contributed by atoms with Crippen LogP contribution in [0.2, 0.25) is 0 Å². The van der Waals surface area contributed by atoms with Gasteiger partial charge in [-0.1, -0.05) is 6.07 Å². The number of carbonyl (C=O) groups is 1. The first kappa shape index (κ1) is 17.1. The van der Waals surface area contributed by atoms with Crippen LogP contribution in [0.1, 0.15) is 16.7 Å². The number of ether oxygens (including phenoxy) is 1. The summed E-state index contributed by atoms with van der Waals surface area (Å²) in [7, 11) is 0. The highest BCUT2D eigenvalue weighted by molar-refractivity contribution is 5.83. The zero-order valence-electron chi connectivity index (χ0n) is 13.4. The van der Waals surface area contributed by atoms with Crippen molar-refractivity contribution in [1.29, 1.82) is 0 Å². The molecule has 0 aromatic heterocycles. The molecular formula is C17H17N3O4. The van der Waals surface area contributed by atoms with E-state index in [0.29, 0.717) is 11.3 Å². The van der Waals surface area contributed by atoms with E-state index in [4.69, 9.17) is 4.74 Å². The molecule has 7 heteroatoms. The molecule has 0 saturated carbocycles. The smallest absolute Gasteiger partial charge is 0.277 e. The van der Waals surface area contributed by atoms with Crippen LogP contribution < -0.4 is 10.2 Å². The van der Waals surface area contributed by atoms with Crippen LogP contribution in [0.3, 0.4) is 0 Å². The monoisotopic (exact) mass is 327 g/mol. The molecule has 0 saturated heterocycles. The number of hydrogen-bond acceptors (Lipinski definition) is 5. The fourth-order valence-electron chi connectivity index (χ4n) is 1.85. The number of hydrazone groups is 1. The van der Waals surface area contributed by atoms with Gasteiger partial charge in [-0.3, -0.25) is 14.9 Å². The van der Waals surface area contributed by atoms with Crippen molar-refractivity contribution in [3.8, 4) is 5.75 Å². The Balaban J connectivity index is 1.81. The van der Waals surface area contributed by atoms with Crippen LogP contribution >= 0.6 is 0 Å². The molecule has 2 aromatic carbocycles. The SMILES string of the molecule is Cc1ccc(OCC(=O)N/N=C\c2ccc([N+](=O)[O-])cc2)cc1C. The van der Waals surface area contributed by atoms with Crippen LogP contribution in [-0.2, 0) is 4.79 Å². The average molecular weight is 327 g/mol. The largest absolute Gasteiger partial charge is 0.484 e. The number of aryl methyl sites for hydroxylation is 2. The van der Waals surface area contributed by atoms with E-state index in [1.807, 2.05) is 26.0 Å². The Kier molecular flexibility index (Phi) is 5.62. The number of nitrogens with zero attached hydrogens (tertiary/aromatic N) is 2. The lowest BCUT2D eigenvalue weighted by atomic mass is 10.1. The first-order valence-corrected chi connectivity index (χ1v) is 7.22. The Hall–Kier alpha value is -3.22. The molecule has 0 aliphatic heterocycles. The van der Waals surface area contributed by atoms with E-state index >= 15 is 0 Å². The second kappa shape index (κ2) is 7.87. The van der Waals surface area contributed by atoms with Crippen molar-refractivity contribution >= 4 is 17.8 Å². The third-order valence-electron chi connectivity index (χ3n) is 3.36. The summed E-state index contributed by atoms with van der Waals surface area (Å²) in [6.45, 7) is 3.82. The first-order valence-electron chi connectivity index (χ1n) is 7.22. The van der Waals surface area contributed by atoms with Gasteiger partial charge in [-0.25, -0.2) is 5.43 Å². The fraction of sp³-hybridized carbons (Fsp3) is 0.176. The summed E-state index contributed by atoms with van der Waals surface area (Å²) < 4.78 is 5.39. The minimum Gasteiger partial charge on any atom is -0.484 e. The van der Waals surface area contributed by atoms with E-state index in [1.54, 1.807) is 18.2 Å². The predicted octanol–water partition coefficient (Wildman–Crippen LogP) is 2.74. The van der Waals surface area contributed by atoms with E-state index in [9.17, 15) is 14.9 Å². The Morgan fingerprint density at radius 1 is 1.21 bits per heavy atom. The fourth-order valence-corrected chi connectivity index (χ4v) is 1.85. The van der Waals surface area contributed by atoms with E-state index in [1.165, 1.54) is 18.3 Å². The van der Waals surface area contributed by atoms with Crippen molar-refractivity contribution in [2.45, 2.75) is 13.8 Å². The van der Waals surface area contributed by atoms with Crippen molar-refractivity contribution in [2.24, 2.45) is 5.10 Å². The molecular weight excluding hydrogens is 310 g/mol. The number of amides is 1. The zero-order valence-corrected chi connectivity index (χ0v) is 13.4. The van der Waals surface area contributed by atoms with Crippen LogP contribution in [0, 0.1) is 24.0 Å². The molecule has 0 bridgehead atoms. The summed E-state index contributed by atoms with van der Waals surface area (Å²) >= 11 is 0. The number of nitro benzene ring substituents is 1. The maximum atomic E-state index is 11.7. The molecule has 0 fully saturated rings. The van der Waals surface area contributed by atoms with E-state index in [2.05, 4.69) is 10.5 Å². The normalized spacial score (nSPS) is 10.6. The number of non-ortho nitro benzene ring substituents is 1. The molecule has 0 aliphatic rings. The van der Waals surface area contributed by atoms with Gasteiger partial charge in [0.25, 0.3) is 11.6 Å². The van der Waals surface area contributed by atoms with Gasteiger partial charge in [0.05, 0.1) is 11.1 Å². The highest BCUT2D eigenvalue weighted by Crippen LogP contribution is 2.16. The summed E-state index contributed by atoms with van der Waals surface area (Å²) in [5, 5.41) is 14.3. The van der Waals surface area contributed by atoms with E-state index in [-0.39, 0.29) is 12.3 Å². The number of hydrogen-bond donors (Lipinski definition) is 1. The van der Waals surface area contributed by atoms with Gasteiger partial charge in [0.2, 0.25) is 0 Å². The number of rotatable bonds is 6. The number of nitrogens with one attached hydrogen (secondary N) is 1. The van der Waals surface area contributed by atoms with Gasteiger partial charge < -0.3 is 4.74 Å². The number of carbonyl (C=O) groups excluding carboxylic acids is 1. The van der Waals surface area contributed by atoms with Crippen molar-refractivity contribution in [3.05, 3.63) is 69.3 Å². The topological polar surface area (TPSA) is 93.8 Å². The lowest BCUT2D eigenvalue weighted by Gasteiger charge is -2.07. The summed E-state index contributed by atoms with van der Waals surface area (Å²) in [4.78, 5) is 21.7. The van der Waals surface area contributed by atoms with Crippen LogP contribution in [-0.4, -0.2) is 23.7 Å². The van der Waals surface area contributed by atoms with Gasteiger partial charge in [-0.15, -0.1) is 0 Å². The lowest BCUT2D eigenvalue weighted by molar-refractivity contribution is -0.384. The molecule has 0 atom stereocenters. The van der Waals surface area contributed by atoms with E-state index < -0.39 is 10.8 Å². The molecule has 24 heavy (non-hydrogen) atoms. The Labute approximate surface area is 139 Å². The average Bonchev–Trinajstić information content (AvgIpc) is 2.56. The van der Waals surface area contributed by atoms with Crippen molar-refractivity contribution in [2.75, 3.05) is 6.61 Å². The van der Waals surface area contributed by atoms with Crippen molar-refractivity contribution < 1.29 is 14.5 Å².